The molecule has 1 saturated heterocycles. The molecule has 1 fully saturated rings. The van der Waals surface area contributed by atoms with E-state index in [4.69, 9.17) is 18.9 Å². The van der Waals surface area contributed by atoms with Gasteiger partial charge >= 0.3 is 23.9 Å². The lowest BCUT2D eigenvalue weighted by Gasteiger charge is -2.25. The van der Waals surface area contributed by atoms with Crippen molar-refractivity contribution in [3.05, 3.63) is 0 Å². The molecule has 0 amide bonds. The Morgan fingerprint density at radius 3 is 1.03 bits per heavy atom. The third-order valence-electron chi connectivity index (χ3n) is 12.8. The predicted molar refractivity (Wildman–Crippen MR) is 257 cm³/mol. The SMILES string of the molecule is CCCCCCCCCCCCCCCC(=O)OC[C@H](OC(=O)CCCCCCCCCCCCCCC)[C@H]1OC(=O)C(=O)C1OC(=O)CCCCCCCCCCCCCCC. The Morgan fingerprint density at radius 1 is 0.413 bits per heavy atom. The first kappa shape index (κ1) is 58.6. The van der Waals surface area contributed by atoms with Crippen LogP contribution in [0.3, 0.4) is 0 Å². The highest BCUT2D eigenvalue weighted by molar-refractivity contribution is 6.37. The number of esters is 4. The van der Waals surface area contributed by atoms with Gasteiger partial charge in [0.05, 0.1) is 0 Å². The molecule has 0 aromatic carbocycles. The maximum Gasteiger partial charge on any atom is 0.379 e. The highest BCUT2D eigenvalue weighted by atomic mass is 16.6. The third-order valence-corrected chi connectivity index (χ3v) is 12.8. The Bertz CT molecular complexity index is 1120. The molecular weight excluding hydrogens is 793 g/mol. The molecule has 0 spiro atoms. The van der Waals surface area contributed by atoms with Crippen LogP contribution in [0.25, 0.3) is 0 Å². The molecule has 9 heteroatoms. The fraction of sp³-hybridized carbons (Fsp3) is 0.907. The summed E-state index contributed by atoms with van der Waals surface area (Å²) in [5.41, 5.74) is 0. The number of hydrogen-bond acceptors (Lipinski definition) is 9. The average Bonchev–Trinajstić information content (AvgIpc) is 3.55. The molecule has 0 bridgehead atoms. The summed E-state index contributed by atoms with van der Waals surface area (Å²) in [5.74, 6) is -3.70. The lowest BCUT2D eigenvalue weighted by Crippen LogP contribution is -2.45. The van der Waals surface area contributed by atoms with Gasteiger partial charge in [0, 0.05) is 19.3 Å². The molecule has 0 N–H and O–H groups in total. The second-order valence-corrected chi connectivity index (χ2v) is 18.8. The molecule has 1 aliphatic heterocycles. The van der Waals surface area contributed by atoms with Crippen LogP contribution < -0.4 is 0 Å². The number of hydrogen-bond donors (Lipinski definition) is 0. The Kier molecular flexibility index (Phi) is 40.4. The fourth-order valence-electron chi connectivity index (χ4n) is 8.63. The van der Waals surface area contributed by atoms with Crippen LogP contribution in [0.1, 0.15) is 290 Å². The highest BCUT2D eigenvalue weighted by Crippen LogP contribution is 2.24. The van der Waals surface area contributed by atoms with Gasteiger partial charge in [-0.15, -0.1) is 0 Å². The van der Waals surface area contributed by atoms with Gasteiger partial charge in [0.15, 0.2) is 12.2 Å². The smallest absolute Gasteiger partial charge is 0.379 e. The Balaban J connectivity index is 2.55. The topological polar surface area (TPSA) is 122 Å². The van der Waals surface area contributed by atoms with Crippen molar-refractivity contribution >= 4 is 29.7 Å². The van der Waals surface area contributed by atoms with Crippen LogP contribution in [-0.2, 0) is 42.9 Å². The lowest BCUT2D eigenvalue weighted by atomic mass is 10.0. The van der Waals surface area contributed by atoms with Crippen molar-refractivity contribution in [1.29, 1.82) is 0 Å². The standard InChI is InChI=1S/C54H98O9/c1-4-7-10-13-16-19-22-25-28-31-34-37-40-43-48(55)60-46-47(61-49(56)44-41-38-35-32-29-26-23-20-17-14-11-8-5-2)52-53(51(58)54(59)63-52)62-50(57)45-42-39-36-33-30-27-24-21-18-15-12-9-6-3/h47,52-53H,4-46H2,1-3H3/t47-,52+,53?/m0/s1. The molecule has 1 heterocycles. The average molecular weight is 891 g/mol. The molecule has 1 unspecified atom stereocenters. The molecule has 3 atom stereocenters. The van der Waals surface area contributed by atoms with E-state index in [2.05, 4.69) is 20.8 Å². The van der Waals surface area contributed by atoms with Gasteiger partial charge in [0.1, 0.15) is 6.61 Å². The maximum absolute atomic E-state index is 13.1. The van der Waals surface area contributed by atoms with Gasteiger partial charge in [0.25, 0.3) is 5.78 Å². The van der Waals surface area contributed by atoms with E-state index in [-0.39, 0.29) is 25.9 Å². The molecule has 9 nitrogen and oxygen atoms in total. The zero-order valence-electron chi connectivity index (χ0n) is 41.3. The summed E-state index contributed by atoms with van der Waals surface area (Å²) in [7, 11) is 0. The first-order chi connectivity index (χ1) is 30.8. The molecule has 368 valence electrons. The van der Waals surface area contributed by atoms with Crippen LogP contribution in [0.5, 0.6) is 0 Å². The van der Waals surface area contributed by atoms with Crippen LogP contribution >= 0.6 is 0 Å². The molecule has 0 saturated carbocycles. The van der Waals surface area contributed by atoms with Crippen LogP contribution in [0.4, 0.5) is 0 Å². The van der Waals surface area contributed by atoms with Crippen molar-refractivity contribution in [3.63, 3.8) is 0 Å². The largest absolute Gasteiger partial charge is 0.462 e. The van der Waals surface area contributed by atoms with Crippen molar-refractivity contribution < 1.29 is 42.9 Å². The zero-order chi connectivity index (χ0) is 45.9. The van der Waals surface area contributed by atoms with Gasteiger partial charge in [-0.25, -0.2) is 4.79 Å². The van der Waals surface area contributed by atoms with Crippen LogP contribution in [0.2, 0.25) is 0 Å². The van der Waals surface area contributed by atoms with Crippen LogP contribution in [0.15, 0.2) is 0 Å². The third kappa shape index (κ3) is 34.6. The number of ether oxygens (including phenoxy) is 4. The number of cyclic esters (lactones) is 1. The zero-order valence-corrected chi connectivity index (χ0v) is 41.3. The van der Waals surface area contributed by atoms with E-state index in [1.807, 2.05) is 0 Å². The Labute approximate surface area is 386 Å². The molecule has 0 aliphatic carbocycles. The molecule has 63 heavy (non-hydrogen) atoms. The number of carbonyl (C=O) groups is 5. The van der Waals surface area contributed by atoms with Crippen molar-refractivity contribution in [2.45, 2.75) is 309 Å². The summed E-state index contributed by atoms with van der Waals surface area (Å²) in [5, 5.41) is 0. The van der Waals surface area contributed by atoms with Gasteiger partial charge < -0.3 is 18.9 Å². The Morgan fingerprint density at radius 2 is 0.698 bits per heavy atom. The first-order valence-corrected chi connectivity index (χ1v) is 27.1. The van der Waals surface area contributed by atoms with Gasteiger partial charge in [-0.2, -0.15) is 0 Å². The summed E-state index contributed by atoms with van der Waals surface area (Å²) >= 11 is 0. The van der Waals surface area contributed by atoms with E-state index >= 15 is 0 Å². The minimum Gasteiger partial charge on any atom is -0.462 e. The van der Waals surface area contributed by atoms with E-state index in [0.29, 0.717) is 19.3 Å². The van der Waals surface area contributed by atoms with Crippen LogP contribution in [0, 0.1) is 0 Å². The second-order valence-electron chi connectivity index (χ2n) is 18.8. The molecule has 0 radical (unpaired) electrons. The van der Waals surface area contributed by atoms with Crippen molar-refractivity contribution in [2.24, 2.45) is 0 Å². The number of rotatable bonds is 47. The van der Waals surface area contributed by atoms with Crippen LogP contribution in [-0.4, -0.2) is 54.6 Å². The molecule has 0 aromatic rings. The second kappa shape index (κ2) is 43.4. The summed E-state index contributed by atoms with van der Waals surface area (Å²) in [6, 6.07) is 0. The van der Waals surface area contributed by atoms with E-state index in [0.717, 1.165) is 57.8 Å². The highest BCUT2D eigenvalue weighted by Gasteiger charge is 2.51. The predicted octanol–water partition coefficient (Wildman–Crippen LogP) is 15.3. The Hall–Kier alpha value is -2.45. The molecule has 1 rings (SSSR count). The summed E-state index contributed by atoms with van der Waals surface area (Å²) in [6.07, 6.45) is 42.6. The first-order valence-electron chi connectivity index (χ1n) is 27.1. The summed E-state index contributed by atoms with van der Waals surface area (Å²) < 4.78 is 22.3. The minimum absolute atomic E-state index is 0.111. The van der Waals surface area contributed by atoms with Gasteiger partial charge in [-0.05, 0) is 19.3 Å². The van der Waals surface area contributed by atoms with Crippen molar-refractivity contribution in [2.75, 3.05) is 6.61 Å². The molecule has 1 aliphatic rings. The quantitative estimate of drug-likeness (QED) is 0.0254. The minimum atomic E-state index is -1.55. The fourth-order valence-corrected chi connectivity index (χ4v) is 8.63. The number of ketones is 1. The number of Topliss-reactive ketones (excluding diaryl/α,β-unsaturated/α-hetero) is 1. The van der Waals surface area contributed by atoms with Gasteiger partial charge in [0.2, 0.25) is 6.10 Å². The van der Waals surface area contributed by atoms with E-state index in [1.165, 1.54) is 173 Å². The number of unbranched alkanes of at least 4 members (excludes halogenated alkanes) is 36. The summed E-state index contributed by atoms with van der Waals surface area (Å²) in [4.78, 5) is 64.3. The van der Waals surface area contributed by atoms with Gasteiger partial charge in [-0.1, -0.05) is 252 Å². The van der Waals surface area contributed by atoms with E-state index in [1.54, 1.807) is 0 Å². The molecule has 0 aromatic heterocycles. The number of carbonyl (C=O) groups excluding carboxylic acids is 5. The monoisotopic (exact) mass is 891 g/mol. The lowest BCUT2D eigenvalue weighted by molar-refractivity contribution is -0.178. The molecular formula is C54H98O9. The van der Waals surface area contributed by atoms with E-state index in [9.17, 15) is 24.0 Å². The normalized spacial score (nSPS) is 15.4. The van der Waals surface area contributed by atoms with E-state index < -0.39 is 48.0 Å². The summed E-state index contributed by atoms with van der Waals surface area (Å²) in [6.45, 7) is 6.35. The van der Waals surface area contributed by atoms with Crippen molar-refractivity contribution in [1.82, 2.24) is 0 Å². The van der Waals surface area contributed by atoms with Gasteiger partial charge in [-0.3, -0.25) is 19.2 Å². The maximum atomic E-state index is 13.1. The van der Waals surface area contributed by atoms with Crippen molar-refractivity contribution in [3.8, 4) is 0 Å².